The summed E-state index contributed by atoms with van der Waals surface area (Å²) < 4.78 is 0. The van der Waals surface area contributed by atoms with Crippen molar-refractivity contribution in [3.63, 3.8) is 0 Å². The Kier molecular flexibility index (Phi) is 2.15. The Labute approximate surface area is 84.8 Å². The molecule has 2 atom stereocenters. The Hall–Kier alpha value is -0.430. The Morgan fingerprint density at radius 1 is 1.15 bits per heavy atom. The predicted octanol–water partition coefficient (Wildman–Crippen LogP) is 3.77. The van der Waals surface area contributed by atoms with E-state index in [0.29, 0.717) is 16.6 Å². The smallest absolute Gasteiger partial charge is 0.0372 e. The second kappa shape index (κ2) is 3.06. The molecule has 0 bridgehead atoms. The van der Waals surface area contributed by atoms with Gasteiger partial charge in [0.1, 0.15) is 0 Å². The zero-order chi connectivity index (χ0) is 9.47. The average molecular weight is 192 g/mol. The van der Waals surface area contributed by atoms with Crippen LogP contribution < -0.4 is 0 Å². The van der Waals surface area contributed by atoms with Crippen LogP contribution in [0.15, 0.2) is 35.3 Å². The van der Waals surface area contributed by atoms with Gasteiger partial charge in [0.15, 0.2) is 0 Å². The summed E-state index contributed by atoms with van der Waals surface area (Å²) in [6, 6.07) is 0. The zero-order valence-electron chi connectivity index (χ0n) is 8.45. The van der Waals surface area contributed by atoms with Gasteiger partial charge in [-0.3, -0.25) is 0 Å². The Morgan fingerprint density at radius 2 is 1.85 bits per heavy atom. The molecule has 0 fully saturated rings. The average Bonchev–Trinajstić information content (AvgIpc) is 2.45. The van der Waals surface area contributed by atoms with Crippen molar-refractivity contribution in [2.24, 2.45) is 11.3 Å². The van der Waals surface area contributed by atoms with Gasteiger partial charge in [0.05, 0.1) is 0 Å². The minimum Gasteiger partial charge on any atom is -0.126 e. The molecule has 0 N–H and O–H groups in total. The highest BCUT2D eigenvalue weighted by atomic mass is 32.2. The summed E-state index contributed by atoms with van der Waals surface area (Å²) in [5.41, 5.74) is 1.91. The molecule has 1 aliphatic carbocycles. The van der Waals surface area contributed by atoms with Crippen molar-refractivity contribution in [3.8, 4) is 0 Å². The van der Waals surface area contributed by atoms with E-state index < -0.39 is 0 Å². The first-order valence-corrected chi connectivity index (χ1v) is 5.74. The summed E-state index contributed by atoms with van der Waals surface area (Å²) in [6.45, 7) is 6.90. The summed E-state index contributed by atoms with van der Waals surface area (Å²) in [5.74, 6) is 0.648. The fourth-order valence-electron chi connectivity index (χ4n) is 1.90. The normalized spacial score (nSPS) is 31.8. The van der Waals surface area contributed by atoms with E-state index in [0.717, 1.165) is 0 Å². The number of rotatable bonds is 0. The molecule has 0 saturated carbocycles. The van der Waals surface area contributed by atoms with Crippen LogP contribution in [0.2, 0.25) is 0 Å². The Balaban J connectivity index is 2.25. The summed E-state index contributed by atoms with van der Waals surface area (Å²) in [5, 5.41) is 3.02. The highest BCUT2D eigenvalue weighted by Crippen LogP contribution is 2.46. The van der Waals surface area contributed by atoms with Gasteiger partial charge in [-0.05, 0) is 10.8 Å². The second-order valence-corrected chi connectivity index (χ2v) is 5.77. The van der Waals surface area contributed by atoms with Gasteiger partial charge in [0.25, 0.3) is 0 Å². The van der Waals surface area contributed by atoms with Crippen LogP contribution in [0.5, 0.6) is 0 Å². The summed E-state index contributed by atoms with van der Waals surface area (Å²) in [6.07, 6.45) is 8.98. The minimum atomic E-state index is 0.321. The molecule has 0 spiro atoms. The number of hydrogen-bond acceptors (Lipinski definition) is 1. The lowest BCUT2D eigenvalue weighted by molar-refractivity contribution is 0.460. The third-order valence-electron chi connectivity index (χ3n) is 2.66. The van der Waals surface area contributed by atoms with E-state index in [1.807, 2.05) is 11.8 Å². The first kappa shape index (κ1) is 9.14. The highest BCUT2D eigenvalue weighted by Gasteiger charge is 2.33. The Morgan fingerprint density at radius 3 is 2.54 bits per heavy atom. The molecule has 0 nitrogen and oxygen atoms in total. The van der Waals surface area contributed by atoms with E-state index in [9.17, 15) is 0 Å². The molecule has 13 heavy (non-hydrogen) atoms. The van der Waals surface area contributed by atoms with Crippen LogP contribution in [0.1, 0.15) is 20.8 Å². The molecule has 0 aromatic carbocycles. The highest BCUT2D eigenvalue weighted by molar-refractivity contribution is 8.03. The SMILES string of the molecule is CC(C)(C)C1=CSC2C=CC=CC12. The first-order valence-electron chi connectivity index (χ1n) is 4.80. The lowest BCUT2D eigenvalue weighted by Gasteiger charge is -2.27. The molecule has 2 aliphatic rings. The molecule has 1 heteroatoms. The van der Waals surface area contributed by atoms with Crippen LogP contribution >= 0.6 is 11.8 Å². The van der Waals surface area contributed by atoms with Gasteiger partial charge in [-0.15, -0.1) is 11.8 Å². The fourth-order valence-corrected chi connectivity index (χ4v) is 3.31. The summed E-state index contributed by atoms with van der Waals surface area (Å²) in [4.78, 5) is 0. The molecule has 2 rings (SSSR count). The first-order chi connectivity index (χ1) is 6.09. The minimum absolute atomic E-state index is 0.321. The van der Waals surface area contributed by atoms with Crippen molar-refractivity contribution in [1.29, 1.82) is 0 Å². The lowest BCUT2D eigenvalue weighted by Crippen LogP contribution is -2.20. The topological polar surface area (TPSA) is 0 Å². The van der Waals surface area contributed by atoms with Crippen LogP contribution in [-0.2, 0) is 0 Å². The Bertz CT molecular complexity index is 289. The molecule has 0 saturated heterocycles. The standard InChI is InChI=1S/C12H16S/c1-12(2,3)10-8-13-11-7-5-4-6-9(10)11/h4-9,11H,1-3H3. The zero-order valence-corrected chi connectivity index (χ0v) is 9.27. The summed E-state index contributed by atoms with van der Waals surface area (Å²) >= 11 is 1.96. The van der Waals surface area contributed by atoms with E-state index in [4.69, 9.17) is 0 Å². The van der Waals surface area contributed by atoms with Gasteiger partial charge in [-0.2, -0.15) is 0 Å². The van der Waals surface area contributed by atoms with Crippen molar-refractivity contribution < 1.29 is 0 Å². The van der Waals surface area contributed by atoms with Crippen molar-refractivity contribution in [1.82, 2.24) is 0 Å². The van der Waals surface area contributed by atoms with E-state index in [1.165, 1.54) is 0 Å². The van der Waals surface area contributed by atoms with Gasteiger partial charge in [0.2, 0.25) is 0 Å². The van der Waals surface area contributed by atoms with Crippen LogP contribution in [-0.4, -0.2) is 5.25 Å². The maximum Gasteiger partial charge on any atom is 0.0372 e. The van der Waals surface area contributed by atoms with Gasteiger partial charge in [0, 0.05) is 11.2 Å². The molecule has 1 aliphatic heterocycles. The predicted molar refractivity (Wildman–Crippen MR) is 60.7 cm³/mol. The maximum atomic E-state index is 2.36. The number of thioether (sulfide) groups is 1. The van der Waals surface area contributed by atoms with Crippen molar-refractivity contribution in [2.45, 2.75) is 26.0 Å². The van der Waals surface area contributed by atoms with E-state index in [-0.39, 0.29) is 0 Å². The summed E-state index contributed by atoms with van der Waals surface area (Å²) in [7, 11) is 0. The number of fused-ring (bicyclic) bond motifs is 1. The van der Waals surface area contributed by atoms with Crippen molar-refractivity contribution in [2.75, 3.05) is 0 Å². The molecule has 0 amide bonds. The third-order valence-corrected chi connectivity index (χ3v) is 3.82. The van der Waals surface area contributed by atoms with Crippen LogP contribution in [0.3, 0.4) is 0 Å². The molecular formula is C12H16S. The molecular weight excluding hydrogens is 176 g/mol. The van der Waals surface area contributed by atoms with Gasteiger partial charge < -0.3 is 0 Å². The molecule has 0 aromatic heterocycles. The molecule has 0 radical (unpaired) electrons. The molecule has 1 heterocycles. The quantitative estimate of drug-likeness (QED) is 0.563. The number of hydrogen-bond donors (Lipinski definition) is 0. The van der Waals surface area contributed by atoms with E-state index in [1.54, 1.807) is 5.57 Å². The van der Waals surface area contributed by atoms with Crippen molar-refractivity contribution in [3.05, 3.63) is 35.3 Å². The van der Waals surface area contributed by atoms with Crippen molar-refractivity contribution >= 4 is 11.8 Å². The van der Waals surface area contributed by atoms with Gasteiger partial charge in [-0.25, -0.2) is 0 Å². The number of allylic oxidation sites excluding steroid dienone is 4. The van der Waals surface area contributed by atoms with Gasteiger partial charge in [-0.1, -0.05) is 50.6 Å². The third kappa shape index (κ3) is 1.62. The molecule has 70 valence electrons. The van der Waals surface area contributed by atoms with E-state index >= 15 is 0 Å². The lowest BCUT2D eigenvalue weighted by atomic mass is 9.77. The van der Waals surface area contributed by atoms with Crippen LogP contribution in [0, 0.1) is 11.3 Å². The van der Waals surface area contributed by atoms with Gasteiger partial charge >= 0.3 is 0 Å². The fraction of sp³-hybridized carbons (Fsp3) is 0.500. The largest absolute Gasteiger partial charge is 0.126 e. The van der Waals surface area contributed by atoms with Crippen LogP contribution in [0.4, 0.5) is 0 Å². The molecule has 2 unspecified atom stereocenters. The van der Waals surface area contributed by atoms with E-state index in [2.05, 4.69) is 50.5 Å². The molecule has 0 aromatic rings. The second-order valence-electron chi connectivity index (χ2n) is 4.72. The maximum absolute atomic E-state index is 2.36. The van der Waals surface area contributed by atoms with Crippen LogP contribution in [0.25, 0.3) is 0 Å². The monoisotopic (exact) mass is 192 g/mol.